The van der Waals surface area contributed by atoms with Gasteiger partial charge in [0, 0.05) is 19.4 Å². The van der Waals surface area contributed by atoms with Gasteiger partial charge in [0.1, 0.15) is 12.1 Å². The van der Waals surface area contributed by atoms with Gasteiger partial charge in [-0.05, 0) is 25.7 Å². The molecule has 3 unspecified atom stereocenters. The first kappa shape index (κ1) is 24.8. The number of rotatable bonds is 12. The number of nitrogens with two attached hydrogens (primary N) is 2. The second-order valence-electron chi connectivity index (χ2n) is 6.91. The van der Waals surface area contributed by atoms with Gasteiger partial charge in [0.25, 0.3) is 0 Å². The van der Waals surface area contributed by atoms with Crippen LogP contribution in [0.2, 0.25) is 0 Å². The topological polar surface area (TPSA) is 222 Å². The number of carboxylic acids is 2. The summed E-state index contributed by atoms with van der Waals surface area (Å²) in [6, 6.07) is -3.23. The van der Waals surface area contributed by atoms with E-state index < -0.39 is 66.7 Å². The highest BCUT2D eigenvalue weighted by Gasteiger charge is 2.36. The van der Waals surface area contributed by atoms with Gasteiger partial charge in [-0.3, -0.25) is 24.0 Å². The summed E-state index contributed by atoms with van der Waals surface area (Å²) >= 11 is 0. The maximum Gasteiger partial charge on any atom is 0.326 e. The monoisotopic (exact) mass is 429 g/mol. The number of aliphatic carboxylic acids is 2. The van der Waals surface area contributed by atoms with Crippen molar-refractivity contribution < 1.29 is 39.0 Å². The lowest BCUT2D eigenvalue weighted by atomic mass is 10.1. The van der Waals surface area contributed by atoms with Gasteiger partial charge in [-0.25, -0.2) is 4.79 Å². The molecule has 0 radical (unpaired) electrons. The molecule has 0 aromatic rings. The van der Waals surface area contributed by atoms with Crippen LogP contribution in [-0.2, 0) is 28.8 Å². The number of nitrogens with one attached hydrogen (secondary N) is 2. The molecule has 13 nitrogen and oxygen atoms in total. The molecule has 1 aliphatic heterocycles. The van der Waals surface area contributed by atoms with Crippen molar-refractivity contribution in [2.75, 3.05) is 13.1 Å². The van der Waals surface area contributed by atoms with Gasteiger partial charge in [0.05, 0.1) is 12.6 Å². The summed E-state index contributed by atoms with van der Waals surface area (Å²) in [7, 11) is 0. The second-order valence-corrected chi connectivity index (χ2v) is 6.91. The van der Waals surface area contributed by atoms with Crippen molar-refractivity contribution in [3.05, 3.63) is 0 Å². The molecule has 0 saturated carbocycles. The number of carbonyl (C=O) groups excluding carboxylic acids is 4. The zero-order valence-electron chi connectivity index (χ0n) is 16.3. The van der Waals surface area contributed by atoms with E-state index in [9.17, 15) is 28.8 Å². The Balaban J connectivity index is 2.56. The first-order valence-electron chi connectivity index (χ1n) is 9.39. The average molecular weight is 429 g/mol. The van der Waals surface area contributed by atoms with Crippen LogP contribution in [-0.4, -0.2) is 81.9 Å². The number of likely N-dealkylation sites (tertiary alicyclic amines) is 1. The van der Waals surface area contributed by atoms with Gasteiger partial charge < -0.3 is 37.2 Å². The predicted molar refractivity (Wildman–Crippen MR) is 101 cm³/mol. The van der Waals surface area contributed by atoms with Crippen LogP contribution in [0, 0.1) is 0 Å². The second kappa shape index (κ2) is 11.7. The summed E-state index contributed by atoms with van der Waals surface area (Å²) in [5.41, 5.74) is 10.8. The van der Waals surface area contributed by atoms with Gasteiger partial charge in [-0.15, -0.1) is 0 Å². The van der Waals surface area contributed by atoms with E-state index in [1.54, 1.807) is 0 Å². The molecule has 3 atom stereocenters. The molecule has 1 fully saturated rings. The van der Waals surface area contributed by atoms with Gasteiger partial charge >= 0.3 is 11.9 Å². The predicted octanol–water partition coefficient (Wildman–Crippen LogP) is -2.88. The quantitative estimate of drug-likeness (QED) is 0.187. The van der Waals surface area contributed by atoms with Crippen molar-refractivity contribution in [1.82, 2.24) is 15.5 Å². The molecular formula is C17H27N5O8. The first-order valence-corrected chi connectivity index (χ1v) is 9.39. The fourth-order valence-corrected chi connectivity index (χ4v) is 2.99. The van der Waals surface area contributed by atoms with Gasteiger partial charge in [-0.2, -0.15) is 0 Å². The molecule has 30 heavy (non-hydrogen) atoms. The summed E-state index contributed by atoms with van der Waals surface area (Å²) in [6.07, 6.45) is 0.142. The highest BCUT2D eigenvalue weighted by molar-refractivity contribution is 5.93. The van der Waals surface area contributed by atoms with Gasteiger partial charge in [-0.1, -0.05) is 0 Å². The fourth-order valence-electron chi connectivity index (χ4n) is 2.99. The van der Waals surface area contributed by atoms with E-state index in [4.69, 9.17) is 21.7 Å². The van der Waals surface area contributed by atoms with Gasteiger partial charge in [0.15, 0.2) is 0 Å². The first-order chi connectivity index (χ1) is 14.0. The molecule has 0 spiro atoms. The SMILES string of the molecule is NC(=O)CCC(N)C(=O)N1CCCC1C(=O)NCC(=O)NC(CCC(=O)O)C(=O)O. The number of nitrogens with zero attached hydrogens (tertiary/aromatic N) is 1. The zero-order chi connectivity index (χ0) is 22.8. The van der Waals surface area contributed by atoms with E-state index in [1.165, 1.54) is 4.90 Å². The summed E-state index contributed by atoms with van der Waals surface area (Å²) < 4.78 is 0. The summed E-state index contributed by atoms with van der Waals surface area (Å²) in [5, 5.41) is 22.1. The highest BCUT2D eigenvalue weighted by Crippen LogP contribution is 2.19. The number of hydrogen-bond acceptors (Lipinski definition) is 7. The van der Waals surface area contributed by atoms with Gasteiger partial charge in [0.2, 0.25) is 23.6 Å². The van der Waals surface area contributed by atoms with E-state index in [-0.39, 0.29) is 19.3 Å². The molecule has 168 valence electrons. The number of amides is 4. The largest absolute Gasteiger partial charge is 0.481 e. The minimum atomic E-state index is -1.40. The Bertz CT molecular complexity index is 698. The molecule has 0 aromatic heterocycles. The Labute approximate surface area is 172 Å². The third-order valence-electron chi connectivity index (χ3n) is 4.56. The fraction of sp³-hybridized carbons (Fsp3) is 0.647. The summed E-state index contributed by atoms with van der Waals surface area (Å²) in [5.74, 6) is -5.11. The Morgan fingerprint density at radius 2 is 1.73 bits per heavy atom. The van der Waals surface area contributed by atoms with E-state index in [0.29, 0.717) is 19.4 Å². The minimum absolute atomic E-state index is 0.0499. The van der Waals surface area contributed by atoms with Crippen molar-refractivity contribution in [2.45, 2.75) is 56.7 Å². The van der Waals surface area contributed by atoms with E-state index in [1.807, 2.05) is 0 Å². The maximum atomic E-state index is 12.4. The van der Waals surface area contributed by atoms with Crippen molar-refractivity contribution in [3.63, 3.8) is 0 Å². The molecule has 4 amide bonds. The summed E-state index contributed by atoms with van der Waals surface area (Å²) in [4.78, 5) is 70.5. The number of primary amides is 1. The van der Waals surface area contributed by atoms with Crippen LogP contribution in [0.25, 0.3) is 0 Å². The van der Waals surface area contributed by atoms with Crippen LogP contribution < -0.4 is 22.1 Å². The Kier molecular flexibility index (Phi) is 9.68. The molecule has 13 heteroatoms. The highest BCUT2D eigenvalue weighted by atomic mass is 16.4. The van der Waals surface area contributed by atoms with Crippen LogP contribution in [0.3, 0.4) is 0 Å². The molecule has 0 aliphatic carbocycles. The lowest BCUT2D eigenvalue weighted by Crippen LogP contribution is -2.53. The molecular weight excluding hydrogens is 402 g/mol. The number of hydrogen-bond donors (Lipinski definition) is 6. The van der Waals surface area contributed by atoms with Crippen molar-refractivity contribution >= 4 is 35.6 Å². The number of carbonyl (C=O) groups is 6. The van der Waals surface area contributed by atoms with Crippen molar-refractivity contribution in [3.8, 4) is 0 Å². The van der Waals surface area contributed by atoms with E-state index in [2.05, 4.69) is 10.6 Å². The van der Waals surface area contributed by atoms with Crippen LogP contribution in [0.15, 0.2) is 0 Å². The third-order valence-corrected chi connectivity index (χ3v) is 4.56. The molecule has 0 aromatic carbocycles. The lowest BCUT2D eigenvalue weighted by molar-refractivity contribution is -0.143. The molecule has 8 N–H and O–H groups in total. The van der Waals surface area contributed by atoms with E-state index in [0.717, 1.165) is 0 Å². The Morgan fingerprint density at radius 1 is 1.07 bits per heavy atom. The smallest absolute Gasteiger partial charge is 0.326 e. The summed E-state index contributed by atoms with van der Waals surface area (Å²) in [6.45, 7) is -0.244. The molecule has 0 bridgehead atoms. The normalized spacial score (nSPS) is 17.6. The molecule has 1 aliphatic rings. The lowest BCUT2D eigenvalue weighted by Gasteiger charge is -2.26. The van der Waals surface area contributed by atoms with Crippen LogP contribution in [0.1, 0.15) is 38.5 Å². The molecule has 1 heterocycles. The van der Waals surface area contributed by atoms with Crippen LogP contribution in [0.5, 0.6) is 0 Å². The van der Waals surface area contributed by atoms with Crippen molar-refractivity contribution in [2.24, 2.45) is 11.5 Å². The molecule has 1 saturated heterocycles. The standard InChI is InChI=1S/C17H27N5O8/c18-9(3-5-12(19)23)16(28)22-7-1-2-11(22)15(27)20-8-13(24)21-10(17(29)30)4-6-14(25)26/h9-11H,1-8,18H2,(H2,19,23)(H,20,27)(H,21,24)(H,25,26)(H,29,30). The Morgan fingerprint density at radius 3 is 2.30 bits per heavy atom. The van der Waals surface area contributed by atoms with Crippen LogP contribution >= 0.6 is 0 Å². The van der Waals surface area contributed by atoms with E-state index >= 15 is 0 Å². The maximum absolute atomic E-state index is 12.4. The Hall–Kier alpha value is -3.22. The number of carboxylic acid groups (broad SMARTS) is 2. The third kappa shape index (κ3) is 8.03. The zero-order valence-corrected chi connectivity index (χ0v) is 16.3. The average Bonchev–Trinajstić information content (AvgIpc) is 3.16. The molecule has 1 rings (SSSR count). The minimum Gasteiger partial charge on any atom is -0.481 e. The van der Waals surface area contributed by atoms with Crippen molar-refractivity contribution in [1.29, 1.82) is 0 Å². The van der Waals surface area contributed by atoms with Crippen LogP contribution in [0.4, 0.5) is 0 Å².